The number of rotatable bonds is 3. The number of ether oxygens (including phenoxy) is 1. The Morgan fingerprint density at radius 1 is 1.24 bits per heavy atom. The average molecular weight is 330 g/mol. The Bertz CT molecular complexity index is 970. The van der Waals surface area contributed by atoms with E-state index in [1.807, 2.05) is 29.0 Å². The second kappa shape index (κ2) is 6.13. The third-order valence-corrected chi connectivity index (χ3v) is 4.23. The molecule has 25 heavy (non-hydrogen) atoms. The number of benzene rings is 2. The van der Waals surface area contributed by atoms with E-state index in [4.69, 9.17) is 10.00 Å². The van der Waals surface area contributed by atoms with Crippen LogP contribution in [0.1, 0.15) is 17.2 Å². The molecule has 0 saturated carbocycles. The van der Waals surface area contributed by atoms with Gasteiger partial charge < -0.3 is 14.6 Å². The summed E-state index contributed by atoms with van der Waals surface area (Å²) in [5.41, 5.74) is 3.84. The summed E-state index contributed by atoms with van der Waals surface area (Å²) in [6.07, 6.45) is 3.07. The van der Waals surface area contributed by atoms with Crippen molar-refractivity contribution in [3.8, 4) is 23.1 Å². The van der Waals surface area contributed by atoms with Gasteiger partial charge in [0, 0.05) is 12.1 Å². The number of amides is 1. The molecule has 0 radical (unpaired) electrons. The van der Waals surface area contributed by atoms with Gasteiger partial charge in [-0.3, -0.25) is 0 Å². The molecule has 1 unspecified atom stereocenters. The van der Waals surface area contributed by atoms with E-state index in [0.717, 1.165) is 16.8 Å². The van der Waals surface area contributed by atoms with Crippen molar-refractivity contribution in [3.05, 3.63) is 72.2 Å². The minimum absolute atomic E-state index is 0.0118. The molecule has 3 aromatic rings. The summed E-state index contributed by atoms with van der Waals surface area (Å²) in [7, 11) is 0. The standard InChI is InChI=1S/C19H14N4O2/c20-9-13-5-7-14(8-6-13)25-19(24)22-11-18-16-4-2-1-3-15(16)17-10-21-12-23(17)18/h1-8,10,12,18H,11H2,(H,22,24). The molecule has 1 aliphatic heterocycles. The molecule has 1 N–H and O–H groups in total. The first-order valence-corrected chi connectivity index (χ1v) is 7.83. The van der Waals surface area contributed by atoms with Gasteiger partial charge in [0.25, 0.3) is 0 Å². The summed E-state index contributed by atoms with van der Waals surface area (Å²) in [6.45, 7) is 0.398. The molecular weight excluding hydrogens is 316 g/mol. The number of hydrogen-bond donors (Lipinski definition) is 1. The highest BCUT2D eigenvalue weighted by molar-refractivity contribution is 5.72. The van der Waals surface area contributed by atoms with Crippen molar-refractivity contribution >= 4 is 6.09 Å². The zero-order valence-corrected chi connectivity index (χ0v) is 13.2. The lowest BCUT2D eigenvalue weighted by Crippen LogP contribution is -2.32. The number of nitriles is 1. The molecule has 2 aromatic carbocycles. The van der Waals surface area contributed by atoms with E-state index in [-0.39, 0.29) is 6.04 Å². The van der Waals surface area contributed by atoms with Crippen molar-refractivity contribution in [2.75, 3.05) is 6.54 Å². The van der Waals surface area contributed by atoms with Crippen LogP contribution in [0.4, 0.5) is 4.79 Å². The second-order valence-corrected chi connectivity index (χ2v) is 5.70. The largest absolute Gasteiger partial charge is 0.412 e. The van der Waals surface area contributed by atoms with E-state index < -0.39 is 6.09 Å². The van der Waals surface area contributed by atoms with Gasteiger partial charge in [0.15, 0.2) is 0 Å². The Morgan fingerprint density at radius 3 is 2.84 bits per heavy atom. The summed E-state index contributed by atoms with van der Waals surface area (Å²) in [4.78, 5) is 16.3. The number of hydrogen-bond acceptors (Lipinski definition) is 4. The zero-order valence-electron chi connectivity index (χ0n) is 13.2. The molecule has 6 nitrogen and oxygen atoms in total. The average Bonchev–Trinajstić information content (AvgIpc) is 3.22. The number of nitrogens with one attached hydrogen (secondary N) is 1. The molecule has 0 saturated heterocycles. The zero-order chi connectivity index (χ0) is 17.2. The van der Waals surface area contributed by atoms with Crippen LogP contribution in [0.25, 0.3) is 11.3 Å². The Hall–Kier alpha value is -3.59. The van der Waals surface area contributed by atoms with Gasteiger partial charge in [-0.05, 0) is 29.8 Å². The van der Waals surface area contributed by atoms with Gasteiger partial charge in [-0.25, -0.2) is 9.78 Å². The fourth-order valence-corrected chi connectivity index (χ4v) is 3.06. The first-order valence-electron chi connectivity index (χ1n) is 7.83. The quantitative estimate of drug-likeness (QED) is 0.800. The van der Waals surface area contributed by atoms with Crippen LogP contribution in [0.3, 0.4) is 0 Å². The summed E-state index contributed by atoms with van der Waals surface area (Å²) < 4.78 is 7.30. The van der Waals surface area contributed by atoms with Crippen LogP contribution in [0.15, 0.2) is 61.1 Å². The van der Waals surface area contributed by atoms with Gasteiger partial charge in [-0.15, -0.1) is 0 Å². The number of carbonyl (C=O) groups is 1. The molecular formula is C19H14N4O2. The molecule has 6 heteroatoms. The summed E-state index contributed by atoms with van der Waals surface area (Å²) in [5, 5.41) is 11.6. The SMILES string of the molecule is N#Cc1ccc(OC(=O)NCC2c3ccccc3-c3cncn32)cc1. The minimum Gasteiger partial charge on any atom is -0.410 e. The number of aromatic nitrogens is 2. The molecule has 0 bridgehead atoms. The van der Waals surface area contributed by atoms with Crippen LogP contribution >= 0.6 is 0 Å². The highest BCUT2D eigenvalue weighted by atomic mass is 16.6. The Morgan fingerprint density at radius 2 is 2.04 bits per heavy atom. The Kier molecular flexibility index (Phi) is 3.67. The van der Waals surface area contributed by atoms with Gasteiger partial charge >= 0.3 is 6.09 Å². The molecule has 1 aromatic heterocycles. The Balaban J connectivity index is 1.45. The van der Waals surface area contributed by atoms with Crippen molar-refractivity contribution in [2.24, 2.45) is 0 Å². The van der Waals surface area contributed by atoms with Crippen LogP contribution in [0.5, 0.6) is 5.75 Å². The molecule has 0 fully saturated rings. The van der Waals surface area contributed by atoms with E-state index in [9.17, 15) is 4.79 Å². The lowest BCUT2D eigenvalue weighted by Gasteiger charge is -2.15. The van der Waals surface area contributed by atoms with Crippen molar-refractivity contribution in [3.63, 3.8) is 0 Å². The summed E-state index contributed by atoms with van der Waals surface area (Å²) in [6, 6.07) is 16.5. The van der Waals surface area contributed by atoms with E-state index >= 15 is 0 Å². The van der Waals surface area contributed by atoms with E-state index in [1.54, 1.807) is 30.6 Å². The predicted octanol–water partition coefficient (Wildman–Crippen LogP) is 3.11. The third kappa shape index (κ3) is 2.72. The third-order valence-electron chi connectivity index (χ3n) is 4.23. The molecule has 0 spiro atoms. The topological polar surface area (TPSA) is 79.9 Å². The van der Waals surface area contributed by atoms with E-state index in [2.05, 4.69) is 22.4 Å². The van der Waals surface area contributed by atoms with Gasteiger partial charge in [0.2, 0.25) is 0 Å². The minimum atomic E-state index is -0.532. The fourth-order valence-electron chi connectivity index (χ4n) is 3.06. The number of imidazole rings is 1. The highest BCUT2D eigenvalue weighted by Crippen LogP contribution is 2.38. The lowest BCUT2D eigenvalue weighted by molar-refractivity contribution is 0.199. The molecule has 1 atom stereocenters. The van der Waals surface area contributed by atoms with Gasteiger partial charge in [0.05, 0.1) is 35.9 Å². The van der Waals surface area contributed by atoms with E-state index in [1.165, 1.54) is 0 Å². The Labute approximate surface area is 144 Å². The molecule has 1 aliphatic rings. The number of fused-ring (bicyclic) bond motifs is 3. The predicted molar refractivity (Wildman–Crippen MR) is 91.0 cm³/mol. The number of nitrogens with zero attached hydrogens (tertiary/aromatic N) is 3. The van der Waals surface area contributed by atoms with Gasteiger partial charge in [-0.2, -0.15) is 5.26 Å². The second-order valence-electron chi connectivity index (χ2n) is 5.70. The molecule has 0 aliphatic carbocycles. The van der Waals surface area contributed by atoms with E-state index in [0.29, 0.717) is 17.9 Å². The van der Waals surface area contributed by atoms with Crippen LogP contribution in [0.2, 0.25) is 0 Å². The van der Waals surface area contributed by atoms with Gasteiger partial charge in [0.1, 0.15) is 5.75 Å². The van der Waals surface area contributed by atoms with Crippen molar-refractivity contribution < 1.29 is 9.53 Å². The molecule has 1 amide bonds. The summed E-state index contributed by atoms with van der Waals surface area (Å²) >= 11 is 0. The maximum atomic E-state index is 12.1. The molecule has 4 rings (SSSR count). The normalized spacial score (nSPS) is 14.3. The van der Waals surface area contributed by atoms with Crippen LogP contribution in [-0.2, 0) is 0 Å². The summed E-state index contributed by atoms with van der Waals surface area (Å²) in [5.74, 6) is 0.395. The lowest BCUT2D eigenvalue weighted by atomic mass is 10.0. The fraction of sp³-hybridized carbons (Fsp3) is 0.105. The maximum Gasteiger partial charge on any atom is 0.412 e. The van der Waals surface area contributed by atoms with Gasteiger partial charge in [-0.1, -0.05) is 24.3 Å². The molecule has 122 valence electrons. The van der Waals surface area contributed by atoms with Crippen LogP contribution in [0, 0.1) is 11.3 Å². The first-order chi connectivity index (χ1) is 12.3. The van der Waals surface area contributed by atoms with Crippen molar-refractivity contribution in [2.45, 2.75) is 6.04 Å². The maximum absolute atomic E-state index is 12.1. The number of carbonyl (C=O) groups excluding carboxylic acids is 1. The highest BCUT2D eigenvalue weighted by Gasteiger charge is 2.28. The first kappa shape index (κ1) is 15.0. The smallest absolute Gasteiger partial charge is 0.410 e. The van der Waals surface area contributed by atoms with Crippen molar-refractivity contribution in [1.29, 1.82) is 5.26 Å². The monoisotopic (exact) mass is 330 g/mol. The van der Waals surface area contributed by atoms with Crippen molar-refractivity contribution in [1.82, 2.24) is 14.9 Å². The van der Waals surface area contributed by atoms with Crippen LogP contribution in [-0.4, -0.2) is 22.2 Å². The molecule has 2 heterocycles. The van der Waals surface area contributed by atoms with Crippen LogP contribution < -0.4 is 10.1 Å².